The maximum atomic E-state index is 13.0. The lowest BCUT2D eigenvalue weighted by Gasteiger charge is -2.26. The molecule has 3 aromatic rings. The molecule has 12 heteroatoms. The van der Waals surface area contributed by atoms with Crippen molar-refractivity contribution in [3.8, 4) is 18.0 Å². The van der Waals surface area contributed by atoms with Crippen LogP contribution in [0.5, 0.6) is 0 Å². The van der Waals surface area contributed by atoms with E-state index in [1.165, 1.54) is 11.8 Å². The predicted molar refractivity (Wildman–Crippen MR) is 141 cm³/mol. The Morgan fingerprint density at radius 2 is 1.92 bits per heavy atom. The van der Waals surface area contributed by atoms with Crippen molar-refractivity contribution in [2.45, 2.75) is 45.5 Å². The number of nitrogens with zero attached hydrogens (tertiary/aromatic N) is 6. The minimum atomic E-state index is -4.57. The highest BCUT2D eigenvalue weighted by molar-refractivity contribution is 5.80. The number of hydrogen-bond donors (Lipinski definition) is 2. The van der Waals surface area contributed by atoms with Crippen LogP contribution < -0.4 is 21.3 Å². The van der Waals surface area contributed by atoms with E-state index in [1.54, 1.807) is 23.1 Å². The molecule has 0 spiro atoms. The second-order valence-electron chi connectivity index (χ2n) is 8.90. The fourth-order valence-electron chi connectivity index (χ4n) is 3.92. The maximum Gasteiger partial charge on any atom is 0.417 e. The molecule has 3 heterocycles. The summed E-state index contributed by atoms with van der Waals surface area (Å²) in [5.74, 6) is 3.17. The molecule has 2 unspecified atom stereocenters. The molecule has 0 radical (unpaired) electrons. The molecule has 0 bridgehead atoms. The number of aryl methyl sites for hydroxylation is 2. The fourth-order valence-corrected chi connectivity index (χ4v) is 3.92. The molecule has 0 aliphatic carbocycles. The van der Waals surface area contributed by atoms with Gasteiger partial charge in [0, 0.05) is 30.4 Å². The number of halogens is 3. The molecule has 1 aliphatic heterocycles. The van der Waals surface area contributed by atoms with Gasteiger partial charge in [-0.05, 0) is 69.0 Å². The summed E-state index contributed by atoms with van der Waals surface area (Å²) in [6.07, 6.45) is -3.24. The maximum absolute atomic E-state index is 13.0. The molecule has 4 N–H and O–H groups in total. The molecule has 1 aliphatic rings. The molecular weight excluding hydrogens is 509 g/mol. The minimum Gasteiger partial charge on any atom is -0.382 e. The molecule has 2 aromatic heterocycles. The van der Waals surface area contributed by atoms with Gasteiger partial charge < -0.3 is 16.4 Å². The van der Waals surface area contributed by atoms with Gasteiger partial charge in [-0.25, -0.2) is 9.88 Å². The first kappa shape index (κ1) is 28.9. The Kier molecular flexibility index (Phi) is 9.07. The quantitative estimate of drug-likeness (QED) is 0.295. The minimum absolute atomic E-state index is 0.0836. The van der Waals surface area contributed by atoms with Crippen LogP contribution in [-0.2, 0) is 11.0 Å². The molecule has 1 saturated heterocycles. The molecule has 1 amide bonds. The molecule has 1 fully saturated rings. The van der Waals surface area contributed by atoms with Gasteiger partial charge in [0.2, 0.25) is 6.41 Å². The van der Waals surface area contributed by atoms with Crippen LogP contribution in [0.1, 0.15) is 41.4 Å². The lowest BCUT2D eigenvalue weighted by molar-refractivity contribution is -0.137. The van der Waals surface area contributed by atoms with Crippen LogP contribution in [0.15, 0.2) is 42.5 Å². The molecule has 1 aromatic carbocycles. The predicted octanol–water partition coefficient (Wildman–Crippen LogP) is 3.55. The lowest BCUT2D eigenvalue weighted by atomic mass is 10.1. The fraction of sp³-hybridized carbons (Fsp3) is 0.296. The van der Waals surface area contributed by atoms with E-state index in [2.05, 4.69) is 27.1 Å². The van der Waals surface area contributed by atoms with Crippen LogP contribution in [0, 0.1) is 37.1 Å². The zero-order valence-electron chi connectivity index (χ0n) is 21.6. The first-order valence-corrected chi connectivity index (χ1v) is 11.9. The number of nitrogens with two attached hydrogens (primary N) is 2. The lowest BCUT2D eigenvalue weighted by Crippen LogP contribution is -2.38. The van der Waals surface area contributed by atoms with Crippen LogP contribution in [0.4, 0.5) is 30.5 Å². The molecule has 39 heavy (non-hydrogen) atoms. The second-order valence-corrected chi connectivity index (χ2v) is 8.90. The largest absolute Gasteiger partial charge is 0.417 e. The molecule has 9 nitrogen and oxygen atoms in total. The van der Waals surface area contributed by atoms with Gasteiger partial charge in [0.05, 0.1) is 11.3 Å². The van der Waals surface area contributed by atoms with Crippen molar-refractivity contribution in [1.29, 1.82) is 5.26 Å². The highest BCUT2D eigenvalue weighted by Gasteiger charge is 2.38. The average Bonchev–Trinajstić information content (AvgIpc) is 3.22. The third-order valence-corrected chi connectivity index (χ3v) is 6.01. The van der Waals surface area contributed by atoms with Gasteiger partial charge in [0.25, 0.3) is 0 Å². The van der Waals surface area contributed by atoms with E-state index in [0.29, 0.717) is 36.6 Å². The molecule has 2 atom stereocenters. The second kappa shape index (κ2) is 12.2. The summed E-state index contributed by atoms with van der Waals surface area (Å²) < 4.78 is 39.1. The Labute approximate surface area is 224 Å². The van der Waals surface area contributed by atoms with Gasteiger partial charge >= 0.3 is 6.18 Å². The monoisotopic (exact) mass is 536 g/mol. The van der Waals surface area contributed by atoms with E-state index in [-0.39, 0.29) is 23.6 Å². The van der Waals surface area contributed by atoms with Gasteiger partial charge in [-0.1, -0.05) is 12.1 Å². The average molecular weight is 537 g/mol. The van der Waals surface area contributed by atoms with Crippen molar-refractivity contribution in [2.24, 2.45) is 5.73 Å². The van der Waals surface area contributed by atoms with E-state index < -0.39 is 17.3 Å². The summed E-state index contributed by atoms with van der Waals surface area (Å²) in [4.78, 5) is 18.2. The Balaban J connectivity index is 0.000000216. The highest BCUT2D eigenvalue weighted by atomic mass is 19.4. The van der Waals surface area contributed by atoms with E-state index in [9.17, 15) is 18.0 Å². The number of rotatable bonds is 3. The third-order valence-electron chi connectivity index (χ3n) is 6.01. The van der Waals surface area contributed by atoms with Gasteiger partial charge in [-0.3, -0.25) is 4.79 Å². The van der Waals surface area contributed by atoms with Gasteiger partial charge in [0.15, 0.2) is 0 Å². The van der Waals surface area contributed by atoms with Crippen molar-refractivity contribution in [3.05, 3.63) is 70.5 Å². The van der Waals surface area contributed by atoms with Crippen molar-refractivity contribution in [3.63, 3.8) is 0 Å². The first-order chi connectivity index (χ1) is 18.4. The Bertz CT molecular complexity index is 1420. The summed E-state index contributed by atoms with van der Waals surface area (Å²) >= 11 is 0. The number of alkyl halides is 3. The summed E-state index contributed by atoms with van der Waals surface area (Å²) in [6.45, 7) is 5.77. The summed E-state index contributed by atoms with van der Waals surface area (Å²) in [6, 6.07) is 15.8. The smallest absolute Gasteiger partial charge is 0.382 e. The number of pyridine rings is 1. The summed E-state index contributed by atoms with van der Waals surface area (Å²) in [7, 11) is 0. The Morgan fingerprint density at radius 3 is 2.46 bits per heavy atom. The van der Waals surface area contributed by atoms with Gasteiger partial charge in [0.1, 0.15) is 29.0 Å². The van der Waals surface area contributed by atoms with Crippen LogP contribution in [-0.4, -0.2) is 40.2 Å². The van der Waals surface area contributed by atoms with Crippen molar-refractivity contribution in [1.82, 2.24) is 15.2 Å². The Morgan fingerprint density at radius 1 is 1.18 bits per heavy atom. The number of nitrogen functional groups attached to an aromatic ring is 1. The number of aromatic nitrogens is 3. The van der Waals surface area contributed by atoms with Crippen LogP contribution in [0.3, 0.4) is 0 Å². The van der Waals surface area contributed by atoms with Gasteiger partial charge in [-0.2, -0.15) is 18.4 Å². The van der Waals surface area contributed by atoms with Gasteiger partial charge in [-0.15, -0.1) is 10.2 Å². The number of hydrogen-bond acceptors (Lipinski definition) is 8. The number of carbonyl (C=O) groups excluding carboxylic acids is 1. The van der Waals surface area contributed by atoms with Crippen molar-refractivity contribution >= 4 is 23.7 Å². The van der Waals surface area contributed by atoms with Crippen LogP contribution >= 0.6 is 0 Å². The molecule has 4 rings (SSSR count). The number of carbonyl (C=O) groups is 1. The Hall–Kier alpha value is -4.68. The standard InChI is InChI=1S/C14H12N4O.C13H15F3N4/c1-11-3-2-4-13(9-11)18(10-19)8-7-12-5-6-14(15)17-16-12;1-7-5-10(13(14,15)16)9(6-17)12(19-7)20-4-3-11(18)8(20)2/h2-6,9-10H,1H3,(H2,15,17);5,8,11H,3-4,18H2,1-2H3. The van der Waals surface area contributed by atoms with Crippen molar-refractivity contribution in [2.75, 3.05) is 22.1 Å². The molecular formula is C27H27F3N8O. The number of anilines is 3. The third kappa shape index (κ3) is 7.21. The number of nitriles is 1. The van der Waals surface area contributed by atoms with E-state index in [1.807, 2.05) is 38.1 Å². The molecule has 0 saturated carbocycles. The zero-order chi connectivity index (χ0) is 28.7. The normalized spacial score (nSPS) is 16.3. The van der Waals surface area contributed by atoms with E-state index >= 15 is 0 Å². The number of amides is 1. The zero-order valence-corrected chi connectivity index (χ0v) is 21.6. The first-order valence-electron chi connectivity index (χ1n) is 11.9. The molecule has 202 valence electrons. The summed E-state index contributed by atoms with van der Waals surface area (Å²) in [5, 5.41) is 16.6. The summed E-state index contributed by atoms with van der Waals surface area (Å²) in [5.41, 5.74) is 12.4. The van der Waals surface area contributed by atoms with Crippen LogP contribution in [0.25, 0.3) is 0 Å². The number of benzene rings is 1. The topological polar surface area (TPSA) is 138 Å². The van der Waals surface area contributed by atoms with E-state index in [0.717, 1.165) is 11.6 Å². The highest BCUT2D eigenvalue weighted by Crippen LogP contribution is 2.37. The van der Waals surface area contributed by atoms with E-state index in [4.69, 9.17) is 16.7 Å². The SMILES string of the molecule is Cc1cc(C(F)(F)F)c(C#N)c(N2CCC(N)C2C)n1.Cc1cccc(N(C#Cc2ccc(N)nn2)C=O)c1. The van der Waals surface area contributed by atoms with Crippen molar-refractivity contribution < 1.29 is 18.0 Å². The van der Waals surface area contributed by atoms with Crippen LogP contribution in [0.2, 0.25) is 0 Å².